The monoisotopic (exact) mass is 313 g/mol. The van der Waals surface area contributed by atoms with Gasteiger partial charge in [0.25, 0.3) is 5.56 Å². The fourth-order valence-corrected chi connectivity index (χ4v) is 3.86. The molecule has 0 atom stereocenters. The van der Waals surface area contributed by atoms with E-state index < -0.39 is 9.84 Å². The summed E-state index contributed by atoms with van der Waals surface area (Å²) in [6, 6.07) is 17.3. The van der Waals surface area contributed by atoms with Crippen LogP contribution in [0.3, 0.4) is 0 Å². The topological polar surface area (TPSA) is 56.1 Å². The van der Waals surface area contributed by atoms with E-state index in [9.17, 15) is 13.2 Å². The summed E-state index contributed by atoms with van der Waals surface area (Å²) in [5.41, 5.74) is 0.789. The quantitative estimate of drug-likeness (QED) is 0.746. The van der Waals surface area contributed by atoms with Gasteiger partial charge in [0.15, 0.2) is 9.84 Å². The summed E-state index contributed by atoms with van der Waals surface area (Å²) in [4.78, 5) is 12.6. The molecule has 0 aliphatic heterocycles. The Morgan fingerprint density at radius 3 is 2.32 bits per heavy atom. The highest BCUT2D eigenvalue weighted by atomic mass is 32.2. The molecule has 1 heterocycles. The van der Waals surface area contributed by atoms with Crippen molar-refractivity contribution in [1.29, 1.82) is 0 Å². The number of aryl methyl sites for hydroxylation is 1. The largest absolute Gasteiger partial charge is 0.311 e. The third-order valence-corrected chi connectivity index (χ3v) is 5.34. The first kappa shape index (κ1) is 14.5. The third-order valence-electron chi connectivity index (χ3n) is 3.66. The number of para-hydroxylation sites is 1. The minimum atomic E-state index is -3.53. The first-order valence-corrected chi connectivity index (χ1v) is 8.50. The Bertz CT molecular complexity index is 989. The van der Waals surface area contributed by atoms with Gasteiger partial charge in [0.1, 0.15) is 0 Å². The molecule has 4 nitrogen and oxygen atoms in total. The van der Waals surface area contributed by atoms with Crippen LogP contribution < -0.4 is 5.56 Å². The van der Waals surface area contributed by atoms with E-state index in [1.165, 1.54) is 4.57 Å². The molecule has 0 spiro atoms. The van der Waals surface area contributed by atoms with Gasteiger partial charge in [0, 0.05) is 12.6 Å². The second-order valence-corrected chi connectivity index (χ2v) is 7.15. The van der Waals surface area contributed by atoms with Crippen LogP contribution in [0, 0.1) is 0 Å². The van der Waals surface area contributed by atoms with E-state index in [-0.39, 0.29) is 21.8 Å². The summed E-state index contributed by atoms with van der Waals surface area (Å²) in [7, 11) is -1.88. The number of sulfone groups is 1. The number of rotatable bonds is 3. The second-order valence-electron chi connectivity index (χ2n) is 5.16. The van der Waals surface area contributed by atoms with Crippen molar-refractivity contribution < 1.29 is 8.42 Å². The summed E-state index contributed by atoms with van der Waals surface area (Å²) >= 11 is 0. The molecular formula is C17H15NO3S. The van der Waals surface area contributed by atoms with Gasteiger partial charge in [0.2, 0.25) is 0 Å². The highest BCUT2D eigenvalue weighted by molar-refractivity contribution is 7.90. The molecule has 22 heavy (non-hydrogen) atoms. The molecule has 0 fully saturated rings. The summed E-state index contributed by atoms with van der Waals surface area (Å²) in [6.07, 6.45) is 0. The third kappa shape index (κ3) is 2.55. The van der Waals surface area contributed by atoms with Gasteiger partial charge in [-0.2, -0.15) is 0 Å². The molecule has 0 bridgehead atoms. The summed E-state index contributed by atoms with van der Waals surface area (Å²) in [5, 5.41) is 0.850. The fourth-order valence-electron chi connectivity index (χ4n) is 2.51. The number of hydrogen-bond donors (Lipinski definition) is 0. The smallest absolute Gasteiger partial charge is 0.255 e. The lowest BCUT2D eigenvalue weighted by Crippen LogP contribution is -2.23. The highest BCUT2D eigenvalue weighted by Gasteiger charge is 2.18. The lowest BCUT2D eigenvalue weighted by molar-refractivity contribution is 0.595. The normalized spacial score (nSPS) is 11.7. The van der Waals surface area contributed by atoms with Crippen LogP contribution in [0.1, 0.15) is 5.56 Å². The predicted octanol–water partition coefficient (Wildman–Crippen LogP) is 2.51. The van der Waals surface area contributed by atoms with E-state index in [2.05, 4.69) is 0 Å². The van der Waals surface area contributed by atoms with Gasteiger partial charge in [-0.05, 0) is 29.7 Å². The Morgan fingerprint density at radius 2 is 1.59 bits per heavy atom. The van der Waals surface area contributed by atoms with Gasteiger partial charge in [0.05, 0.1) is 16.2 Å². The van der Waals surface area contributed by atoms with Crippen molar-refractivity contribution in [2.45, 2.75) is 10.6 Å². The molecule has 0 aliphatic rings. The molecular weight excluding hydrogens is 298 g/mol. The highest BCUT2D eigenvalue weighted by Crippen LogP contribution is 2.17. The lowest BCUT2D eigenvalue weighted by atomic mass is 10.1. The van der Waals surface area contributed by atoms with Gasteiger partial charge in [-0.3, -0.25) is 4.79 Å². The van der Waals surface area contributed by atoms with Crippen LogP contribution in [0.15, 0.2) is 70.4 Å². The molecule has 0 aliphatic carbocycles. The molecule has 1 aromatic heterocycles. The van der Waals surface area contributed by atoms with Gasteiger partial charge in [-0.25, -0.2) is 8.42 Å². The van der Waals surface area contributed by atoms with Crippen molar-refractivity contribution in [2.75, 3.05) is 0 Å². The number of fused-ring (bicyclic) bond motifs is 1. The molecule has 0 radical (unpaired) electrons. The maximum atomic E-state index is 12.5. The van der Waals surface area contributed by atoms with Crippen LogP contribution in [-0.4, -0.2) is 13.0 Å². The van der Waals surface area contributed by atoms with Crippen LogP contribution >= 0.6 is 0 Å². The van der Waals surface area contributed by atoms with Crippen molar-refractivity contribution >= 4 is 20.7 Å². The van der Waals surface area contributed by atoms with E-state index >= 15 is 0 Å². The first-order chi connectivity index (χ1) is 10.5. The zero-order valence-corrected chi connectivity index (χ0v) is 12.9. The molecule has 0 N–H and O–H groups in total. The van der Waals surface area contributed by atoms with Crippen molar-refractivity contribution in [1.82, 2.24) is 4.57 Å². The summed E-state index contributed by atoms with van der Waals surface area (Å²) in [6.45, 7) is 0. The Labute approximate surface area is 128 Å². The average Bonchev–Trinajstić information content (AvgIpc) is 2.53. The van der Waals surface area contributed by atoms with Crippen molar-refractivity contribution in [3.63, 3.8) is 0 Å². The Morgan fingerprint density at radius 1 is 0.955 bits per heavy atom. The molecule has 2 aromatic carbocycles. The van der Waals surface area contributed by atoms with E-state index in [4.69, 9.17) is 0 Å². The minimum absolute atomic E-state index is 0.227. The Hall–Kier alpha value is -2.40. The number of nitrogens with zero attached hydrogens (tertiary/aromatic N) is 1. The summed E-state index contributed by atoms with van der Waals surface area (Å²) in [5.74, 6) is -0.297. The van der Waals surface area contributed by atoms with Crippen LogP contribution in [0.5, 0.6) is 0 Å². The molecule has 0 saturated carbocycles. The molecule has 0 saturated heterocycles. The minimum Gasteiger partial charge on any atom is -0.311 e. The van der Waals surface area contributed by atoms with Crippen LogP contribution in [0.4, 0.5) is 0 Å². The lowest BCUT2D eigenvalue weighted by Gasteiger charge is -2.09. The maximum absolute atomic E-state index is 12.5. The van der Waals surface area contributed by atoms with E-state index in [0.717, 1.165) is 10.9 Å². The van der Waals surface area contributed by atoms with Crippen LogP contribution in [0.2, 0.25) is 0 Å². The SMILES string of the molecule is Cn1c(=O)c(CS(=O)(=O)c2ccccc2)cc2ccccc21. The molecule has 0 amide bonds. The average molecular weight is 313 g/mol. The molecule has 3 rings (SSSR count). The zero-order valence-electron chi connectivity index (χ0n) is 12.1. The standard InChI is InChI=1S/C17H15NO3S/c1-18-16-10-6-5-7-13(16)11-14(17(18)19)12-22(20,21)15-8-3-2-4-9-15/h2-11H,12H2,1H3. The van der Waals surface area contributed by atoms with E-state index in [1.807, 2.05) is 24.3 Å². The predicted molar refractivity (Wildman–Crippen MR) is 86.5 cm³/mol. The fraction of sp³-hybridized carbons (Fsp3) is 0.118. The molecule has 0 unspecified atom stereocenters. The van der Waals surface area contributed by atoms with E-state index in [0.29, 0.717) is 0 Å². The van der Waals surface area contributed by atoms with Gasteiger partial charge in [-0.15, -0.1) is 0 Å². The number of aromatic nitrogens is 1. The van der Waals surface area contributed by atoms with Crippen molar-refractivity contribution in [3.8, 4) is 0 Å². The van der Waals surface area contributed by atoms with Crippen LogP contribution in [-0.2, 0) is 22.6 Å². The van der Waals surface area contributed by atoms with Crippen molar-refractivity contribution in [2.24, 2.45) is 7.05 Å². The van der Waals surface area contributed by atoms with E-state index in [1.54, 1.807) is 43.4 Å². The maximum Gasteiger partial charge on any atom is 0.255 e. The van der Waals surface area contributed by atoms with Gasteiger partial charge in [-0.1, -0.05) is 36.4 Å². The molecule has 5 heteroatoms. The Balaban J connectivity index is 2.12. The number of benzene rings is 2. The Kier molecular flexibility index (Phi) is 3.58. The number of hydrogen-bond acceptors (Lipinski definition) is 3. The molecule has 112 valence electrons. The second kappa shape index (κ2) is 5.42. The number of pyridine rings is 1. The van der Waals surface area contributed by atoms with Gasteiger partial charge < -0.3 is 4.57 Å². The van der Waals surface area contributed by atoms with Gasteiger partial charge >= 0.3 is 0 Å². The zero-order chi connectivity index (χ0) is 15.7. The van der Waals surface area contributed by atoms with Crippen LogP contribution in [0.25, 0.3) is 10.9 Å². The van der Waals surface area contributed by atoms with Crippen molar-refractivity contribution in [3.05, 3.63) is 76.6 Å². The summed E-state index contributed by atoms with van der Waals surface area (Å²) < 4.78 is 26.4. The first-order valence-electron chi connectivity index (χ1n) is 6.84. The molecule has 3 aromatic rings.